The van der Waals surface area contributed by atoms with Crippen molar-refractivity contribution in [3.8, 4) is 5.69 Å². The summed E-state index contributed by atoms with van der Waals surface area (Å²) in [6.45, 7) is 0. The molecule has 0 saturated heterocycles. The lowest BCUT2D eigenvalue weighted by molar-refractivity contribution is 0.684. The van der Waals surface area contributed by atoms with Gasteiger partial charge in [-0.1, -0.05) is 200 Å². The number of benzene rings is 9. The molecule has 0 bridgehead atoms. The second kappa shape index (κ2) is 16.4. The zero-order valence-electron chi connectivity index (χ0n) is 38.7. The van der Waals surface area contributed by atoms with Gasteiger partial charge in [-0.15, -0.1) is 0 Å². The SMILES string of the molecule is C1=CCC2C(=C1)c1cccc3c4cc(N(c5ccc([Si](c6ccccc6)(c6ccccc6)c6ccccc6)cc5)C5C=CC(c6ccc7c(c6)c6ccccc6n7-c6ccccc6)=CC5)ccc4n2c13. The van der Waals surface area contributed by atoms with Crippen LogP contribution in [0, 0.1) is 0 Å². The average molecular weight is 912 g/mol. The minimum absolute atomic E-state index is 0.0879. The molecule has 2 aliphatic carbocycles. The van der Waals surface area contributed by atoms with E-state index >= 15 is 0 Å². The lowest BCUT2D eigenvalue weighted by atomic mass is 9.93. The van der Waals surface area contributed by atoms with Crippen LogP contribution in [0.25, 0.3) is 60.4 Å². The number of anilines is 2. The summed E-state index contributed by atoms with van der Waals surface area (Å²) in [4.78, 5) is 2.59. The Morgan fingerprint density at radius 2 is 1.07 bits per heavy atom. The van der Waals surface area contributed by atoms with Crippen LogP contribution in [-0.4, -0.2) is 23.2 Å². The number of hydrogen-bond donors (Lipinski definition) is 0. The zero-order chi connectivity index (χ0) is 46.2. The molecule has 0 N–H and O–H groups in total. The maximum absolute atomic E-state index is 2.71. The zero-order valence-corrected chi connectivity index (χ0v) is 39.7. The van der Waals surface area contributed by atoms with Crippen LogP contribution in [0.2, 0.25) is 0 Å². The summed E-state index contributed by atoms with van der Waals surface area (Å²) in [5.74, 6) is 0. The Balaban J connectivity index is 0.898. The first-order valence-corrected chi connectivity index (χ1v) is 26.7. The Labute approximate surface area is 409 Å². The molecule has 3 heterocycles. The summed E-state index contributed by atoms with van der Waals surface area (Å²) in [7, 11) is -2.71. The molecule has 14 rings (SSSR count). The molecule has 3 aliphatic rings. The van der Waals surface area contributed by atoms with Crippen molar-refractivity contribution in [1.82, 2.24) is 9.13 Å². The summed E-state index contributed by atoms with van der Waals surface area (Å²) < 4.78 is 5.01. The van der Waals surface area contributed by atoms with Crippen LogP contribution in [0.5, 0.6) is 0 Å². The van der Waals surface area contributed by atoms with Gasteiger partial charge in [0, 0.05) is 49.7 Å². The Morgan fingerprint density at radius 1 is 0.471 bits per heavy atom. The van der Waals surface area contributed by atoms with Gasteiger partial charge in [-0.05, 0) is 111 Å². The smallest absolute Gasteiger partial charge is 0.179 e. The molecule has 0 fully saturated rings. The fourth-order valence-corrected chi connectivity index (χ4v) is 17.2. The molecule has 2 atom stereocenters. The van der Waals surface area contributed by atoms with E-state index in [4.69, 9.17) is 0 Å². The molecule has 0 radical (unpaired) electrons. The Kier molecular flexibility index (Phi) is 9.50. The number of para-hydroxylation sites is 3. The van der Waals surface area contributed by atoms with E-state index in [1.165, 1.54) is 104 Å². The summed E-state index contributed by atoms with van der Waals surface area (Å²) in [5.41, 5.74) is 14.0. The van der Waals surface area contributed by atoms with E-state index in [-0.39, 0.29) is 6.04 Å². The van der Waals surface area contributed by atoms with Crippen molar-refractivity contribution in [1.29, 1.82) is 0 Å². The van der Waals surface area contributed by atoms with Gasteiger partial charge in [-0.3, -0.25) is 0 Å². The van der Waals surface area contributed by atoms with Gasteiger partial charge < -0.3 is 14.0 Å². The summed E-state index contributed by atoms with van der Waals surface area (Å²) in [6, 6.07) is 84.5. The van der Waals surface area contributed by atoms with Gasteiger partial charge in [0.05, 0.1) is 28.6 Å². The van der Waals surface area contributed by atoms with Crippen molar-refractivity contribution >= 4 is 95.0 Å². The highest BCUT2D eigenvalue weighted by atomic mass is 28.3. The summed E-state index contributed by atoms with van der Waals surface area (Å²) in [5, 5.41) is 10.7. The highest BCUT2D eigenvalue weighted by Gasteiger charge is 2.41. The minimum Gasteiger partial charge on any atom is -0.334 e. The average Bonchev–Trinajstić information content (AvgIpc) is 4.08. The van der Waals surface area contributed by atoms with Gasteiger partial charge in [0.25, 0.3) is 0 Å². The molecular weight excluding hydrogens is 863 g/mol. The van der Waals surface area contributed by atoms with Crippen molar-refractivity contribution in [3.63, 3.8) is 0 Å². The number of hydrogen-bond acceptors (Lipinski definition) is 1. The molecule has 11 aromatic rings. The molecule has 4 heteroatoms. The summed E-state index contributed by atoms with van der Waals surface area (Å²) >= 11 is 0. The lowest BCUT2D eigenvalue weighted by Crippen LogP contribution is -2.74. The van der Waals surface area contributed by atoms with Crippen LogP contribution in [0.1, 0.15) is 30.0 Å². The molecular formula is C66H49N3Si. The first kappa shape index (κ1) is 40.6. The van der Waals surface area contributed by atoms with Crippen LogP contribution in [0.4, 0.5) is 11.4 Å². The maximum atomic E-state index is 2.61. The van der Waals surface area contributed by atoms with Crippen molar-refractivity contribution < 1.29 is 0 Å². The second-order valence-electron chi connectivity index (χ2n) is 19.1. The fourth-order valence-electron chi connectivity index (χ4n) is 12.4. The van der Waals surface area contributed by atoms with Crippen LogP contribution in [-0.2, 0) is 0 Å². The van der Waals surface area contributed by atoms with E-state index in [1.807, 2.05) is 0 Å². The number of aromatic nitrogens is 2. The van der Waals surface area contributed by atoms with E-state index in [0.29, 0.717) is 6.04 Å². The largest absolute Gasteiger partial charge is 0.334 e. The third kappa shape index (κ3) is 6.20. The van der Waals surface area contributed by atoms with Crippen LogP contribution in [0.15, 0.2) is 261 Å². The molecule has 332 valence electrons. The van der Waals surface area contributed by atoms with Gasteiger partial charge >= 0.3 is 0 Å². The quantitative estimate of drug-likeness (QED) is 0.104. The molecule has 2 aromatic heterocycles. The van der Waals surface area contributed by atoms with Crippen molar-refractivity contribution in [2.24, 2.45) is 0 Å². The molecule has 0 saturated carbocycles. The highest BCUT2D eigenvalue weighted by molar-refractivity contribution is 7.19. The highest BCUT2D eigenvalue weighted by Crippen LogP contribution is 2.50. The van der Waals surface area contributed by atoms with Crippen molar-refractivity contribution in [3.05, 3.63) is 272 Å². The van der Waals surface area contributed by atoms with Crippen LogP contribution < -0.4 is 25.6 Å². The number of fused-ring (bicyclic) bond motifs is 9. The van der Waals surface area contributed by atoms with E-state index in [9.17, 15) is 0 Å². The molecule has 3 nitrogen and oxygen atoms in total. The maximum Gasteiger partial charge on any atom is 0.179 e. The Bertz CT molecular complexity index is 3840. The standard InChI is InChI=1S/C66H49N3Si/c1-5-18-48(19-6-1)68-62-30-15-14-27-57(62)60-44-47(34-42-64(60)68)46-32-35-49(36-33-46)67(51-39-43-65-61(45-51)59-29-17-28-58-56-26-13-16-31-63(56)69(65)66(58)59)50-37-40-55(41-38-50)70(52-20-7-2-8-21-52,53-22-9-3-10-23-53)54-24-11-4-12-25-54/h1-30,32-35,37-45,49,63H,31,36H2. The van der Waals surface area contributed by atoms with Crippen LogP contribution in [0.3, 0.4) is 0 Å². The normalized spacial score (nSPS) is 16.2. The van der Waals surface area contributed by atoms with Gasteiger partial charge in [0.2, 0.25) is 0 Å². The molecule has 0 spiro atoms. The second-order valence-corrected chi connectivity index (χ2v) is 22.9. The summed E-state index contributed by atoms with van der Waals surface area (Å²) in [6.07, 6.45) is 16.0. The predicted molar refractivity (Wildman–Crippen MR) is 299 cm³/mol. The van der Waals surface area contributed by atoms with Gasteiger partial charge in [0.15, 0.2) is 8.07 Å². The lowest BCUT2D eigenvalue weighted by Gasteiger charge is -2.36. The topological polar surface area (TPSA) is 13.1 Å². The molecule has 9 aromatic carbocycles. The Hall–Kier alpha value is -8.44. The fraction of sp³-hybridized carbons (Fsp3) is 0.0606. The first-order chi connectivity index (χ1) is 34.7. The third-order valence-corrected chi connectivity index (χ3v) is 20.3. The van der Waals surface area contributed by atoms with Gasteiger partial charge in [0.1, 0.15) is 0 Å². The third-order valence-electron chi connectivity index (χ3n) is 15.5. The molecule has 1 aliphatic heterocycles. The number of rotatable bonds is 9. The van der Waals surface area contributed by atoms with Crippen molar-refractivity contribution in [2.45, 2.75) is 24.9 Å². The van der Waals surface area contributed by atoms with E-state index in [1.54, 1.807) is 0 Å². The molecule has 70 heavy (non-hydrogen) atoms. The molecule has 0 amide bonds. The monoisotopic (exact) mass is 911 g/mol. The van der Waals surface area contributed by atoms with Crippen LogP contribution >= 0.6 is 0 Å². The minimum atomic E-state index is -2.71. The van der Waals surface area contributed by atoms with Gasteiger partial charge in [-0.25, -0.2) is 0 Å². The molecule has 2 unspecified atom stereocenters. The number of nitrogens with zero attached hydrogens (tertiary/aromatic N) is 3. The van der Waals surface area contributed by atoms with Crippen molar-refractivity contribution in [2.75, 3.05) is 4.90 Å². The van der Waals surface area contributed by atoms with E-state index in [0.717, 1.165) is 12.8 Å². The predicted octanol–water partition coefficient (Wildman–Crippen LogP) is 13.7. The van der Waals surface area contributed by atoms with E-state index < -0.39 is 8.07 Å². The van der Waals surface area contributed by atoms with E-state index in [2.05, 4.69) is 275 Å². The number of allylic oxidation sites excluding steroid dienone is 6. The first-order valence-electron chi connectivity index (χ1n) is 24.7. The van der Waals surface area contributed by atoms with Gasteiger partial charge in [-0.2, -0.15) is 0 Å². The Morgan fingerprint density at radius 3 is 1.77 bits per heavy atom.